The summed E-state index contributed by atoms with van der Waals surface area (Å²) in [4.78, 5) is 14.2. The van der Waals surface area contributed by atoms with Gasteiger partial charge in [0, 0.05) is 6.54 Å². The second-order valence-electron chi connectivity index (χ2n) is 5.57. The summed E-state index contributed by atoms with van der Waals surface area (Å²) < 4.78 is 5.13. The number of likely N-dealkylation sites (tertiary alicyclic amines) is 1. The minimum atomic E-state index is -0.116. The fourth-order valence-electron chi connectivity index (χ4n) is 2.38. The van der Waals surface area contributed by atoms with Gasteiger partial charge in [-0.25, -0.2) is 0 Å². The van der Waals surface area contributed by atoms with Crippen LogP contribution in [0.3, 0.4) is 0 Å². The molecule has 1 aliphatic heterocycles. The van der Waals surface area contributed by atoms with Gasteiger partial charge in [-0.1, -0.05) is 13.8 Å². The Kier molecular flexibility index (Phi) is 3.65. The van der Waals surface area contributed by atoms with Crippen LogP contribution in [0, 0.1) is 5.41 Å². The molecule has 1 aliphatic rings. The molecule has 1 N–H and O–H groups in total. The van der Waals surface area contributed by atoms with Gasteiger partial charge >= 0.3 is 0 Å². The molecule has 1 fully saturated rings. The lowest BCUT2D eigenvalue weighted by Gasteiger charge is -2.28. The molecule has 2 heterocycles. The predicted molar refractivity (Wildman–Crippen MR) is 65.6 cm³/mol. The largest absolute Gasteiger partial charge is 0.426 e. The van der Waals surface area contributed by atoms with Crippen molar-refractivity contribution in [3.8, 4) is 0 Å². The van der Waals surface area contributed by atoms with Crippen molar-refractivity contribution in [3.05, 3.63) is 12.3 Å². The maximum atomic E-state index is 12.4. The molecule has 0 spiro atoms. The normalized spacial score (nSPS) is 24.1. The maximum absolute atomic E-state index is 12.4. The van der Waals surface area contributed by atoms with Gasteiger partial charge in [-0.05, 0) is 25.3 Å². The van der Waals surface area contributed by atoms with E-state index < -0.39 is 0 Å². The Hall–Kier alpha value is -1.43. The Morgan fingerprint density at radius 2 is 2.39 bits per heavy atom. The number of carbonyl (C=O) groups excluding carboxylic acids is 1. The standard InChI is InChI=1S/C12H20N4O2/c1-12(2)5-4-9(13-3)11(17)16(7-12)6-10-15-14-8-18-10/h8-9,13H,4-7H2,1-3H3. The summed E-state index contributed by atoms with van der Waals surface area (Å²) in [6, 6.07) is -0.116. The van der Waals surface area contributed by atoms with Crippen LogP contribution in [0.15, 0.2) is 10.8 Å². The lowest BCUT2D eigenvalue weighted by Crippen LogP contribution is -2.44. The van der Waals surface area contributed by atoms with Crippen LogP contribution in [0.4, 0.5) is 0 Å². The minimum absolute atomic E-state index is 0.112. The molecule has 1 aromatic rings. The van der Waals surface area contributed by atoms with Crippen molar-refractivity contribution in [3.63, 3.8) is 0 Å². The van der Waals surface area contributed by atoms with E-state index in [1.165, 1.54) is 6.39 Å². The number of likely N-dealkylation sites (N-methyl/N-ethyl adjacent to an activating group) is 1. The van der Waals surface area contributed by atoms with E-state index in [1.54, 1.807) is 0 Å². The minimum Gasteiger partial charge on any atom is -0.426 e. The van der Waals surface area contributed by atoms with Crippen LogP contribution in [-0.2, 0) is 11.3 Å². The summed E-state index contributed by atoms with van der Waals surface area (Å²) in [7, 11) is 1.83. The van der Waals surface area contributed by atoms with Crippen LogP contribution in [0.25, 0.3) is 0 Å². The highest BCUT2D eigenvalue weighted by Crippen LogP contribution is 2.29. The summed E-state index contributed by atoms with van der Waals surface area (Å²) in [5.41, 5.74) is 0.112. The first kappa shape index (κ1) is 13.0. The average Bonchev–Trinajstić information content (AvgIpc) is 2.77. The van der Waals surface area contributed by atoms with Gasteiger partial charge in [0.25, 0.3) is 0 Å². The monoisotopic (exact) mass is 252 g/mol. The van der Waals surface area contributed by atoms with Crippen molar-refractivity contribution in [2.45, 2.75) is 39.3 Å². The van der Waals surface area contributed by atoms with Gasteiger partial charge < -0.3 is 14.6 Å². The number of aromatic nitrogens is 2. The van der Waals surface area contributed by atoms with Gasteiger partial charge in [-0.3, -0.25) is 4.79 Å². The summed E-state index contributed by atoms with van der Waals surface area (Å²) in [6.07, 6.45) is 3.17. The fourth-order valence-corrected chi connectivity index (χ4v) is 2.38. The number of hydrogen-bond donors (Lipinski definition) is 1. The molecule has 0 radical (unpaired) electrons. The van der Waals surface area contributed by atoms with Crippen molar-refractivity contribution < 1.29 is 9.21 Å². The van der Waals surface area contributed by atoms with Gasteiger partial charge in [0.15, 0.2) is 0 Å². The van der Waals surface area contributed by atoms with Gasteiger partial charge in [0.2, 0.25) is 18.2 Å². The van der Waals surface area contributed by atoms with Crippen molar-refractivity contribution >= 4 is 5.91 Å². The second-order valence-corrected chi connectivity index (χ2v) is 5.57. The molecule has 0 aromatic carbocycles. The van der Waals surface area contributed by atoms with Crippen LogP contribution in [0.5, 0.6) is 0 Å². The highest BCUT2D eigenvalue weighted by molar-refractivity contribution is 5.82. The lowest BCUT2D eigenvalue weighted by atomic mass is 9.87. The molecule has 0 aliphatic carbocycles. The molecular formula is C12H20N4O2. The Balaban J connectivity index is 2.15. The Morgan fingerprint density at radius 3 is 3.00 bits per heavy atom. The van der Waals surface area contributed by atoms with E-state index >= 15 is 0 Å². The van der Waals surface area contributed by atoms with E-state index in [9.17, 15) is 4.79 Å². The van der Waals surface area contributed by atoms with E-state index in [4.69, 9.17) is 4.42 Å². The molecule has 6 heteroatoms. The third-order valence-corrected chi connectivity index (χ3v) is 3.42. The Bertz CT molecular complexity index is 402. The summed E-state index contributed by atoms with van der Waals surface area (Å²) in [5.74, 6) is 0.595. The quantitative estimate of drug-likeness (QED) is 0.861. The number of hydrogen-bond acceptors (Lipinski definition) is 5. The SMILES string of the molecule is CNC1CCC(C)(C)CN(Cc2nnco2)C1=O. The average molecular weight is 252 g/mol. The van der Waals surface area contributed by atoms with Crippen LogP contribution in [-0.4, -0.2) is 40.6 Å². The lowest BCUT2D eigenvalue weighted by molar-refractivity contribution is -0.134. The Morgan fingerprint density at radius 1 is 1.61 bits per heavy atom. The molecule has 100 valence electrons. The highest BCUT2D eigenvalue weighted by Gasteiger charge is 2.34. The van der Waals surface area contributed by atoms with Crippen molar-refractivity contribution in [2.75, 3.05) is 13.6 Å². The first-order valence-electron chi connectivity index (χ1n) is 6.23. The number of nitrogens with one attached hydrogen (secondary N) is 1. The summed E-state index contributed by atoms with van der Waals surface area (Å²) >= 11 is 0. The van der Waals surface area contributed by atoms with Crippen molar-refractivity contribution in [1.82, 2.24) is 20.4 Å². The topological polar surface area (TPSA) is 71.3 Å². The smallest absolute Gasteiger partial charge is 0.240 e. The van der Waals surface area contributed by atoms with Crippen molar-refractivity contribution in [1.29, 1.82) is 0 Å². The highest BCUT2D eigenvalue weighted by atomic mass is 16.4. The van der Waals surface area contributed by atoms with Crippen molar-refractivity contribution in [2.24, 2.45) is 5.41 Å². The van der Waals surface area contributed by atoms with Crippen LogP contribution < -0.4 is 5.32 Å². The summed E-state index contributed by atoms with van der Waals surface area (Å²) in [6.45, 7) is 5.46. The molecule has 2 rings (SSSR count). The third-order valence-electron chi connectivity index (χ3n) is 3.42. The van der Waals surface area contributed by atoms with Gasteiger partial charge in [-0.2, -0.15) is 0 Å². The molecule has 0 saturated carbocycles. The molecule has 18 heavy (non-hydrogen) atoms. The van der Waals surface area contributed by atoms with E-state index in [0.717, 1.165) is 12.8 Å². The van der Waals surface area contributed by atoms with Gasteiger partial charge in [-0.15, -0.1) is 10.2 Å². The number of rotatable bonds is 3. The number of amides is 1. The first-order valence-corrected chi connectivity index (χ1v) is 6.23. The van der Waals surface area contributed by atoms with E-state index in [-0.39, 0.29) is 17.4 Å². The molecule has 1 aromatic heterocycles. The zero-order valence-electron chi connectivity index (χ0n) is 11.1. The van der Waals surface area contributed by atoms with E-state index in [0.29, 0.717) is 19.0 Å². The summed E-state index contributed by atoms with van der Waals surface area (Å²) in [5, 5.41) is 10.6. The fraction of sp³-hybridized carbons (Fsp3) is 0.750. The zero-order chi connectivity index (χ0) is 13.2. The Labute approximate surface area is 107 Å². The van der Waals surface area contributed by atoms with E-state index in [1.807, 2.05) is 11.9 Å². The van der Waals surface area contributed by atoms with Crippen LogP contribution >= 0.6 is 0 Å². The molecule has 1 unspecified atom stereocenters. The number of carbonyl (C=O) groups is 1. The van der Waals surface area contributed by atoms with E-state index in [2.05, 4.69) is 29.4 Å². The predicted octanol–water partition coefficient (Wildman–Crippen LogP) is 0.806. The third kappa shape index (κ3) is 2.87. The van der Waals surface area contributed by atoms with Crippen LogP contribution in [0.2, 0.25) is 0 Å². The second kappa shape index (κ2) is 5.06. The first-order chi connectivity index (χ1) is 8.52. The molecule has 1 saturated heterocycles. The molecule has 1 atom stereocenters. The molecule has 0 bridgehead atoms. The molecule has 6 nitrogen and oxygen atoms in total. The van der Waals surface area contributed by atoms with Gasteiger partial charge in [0.1, 0.15) is 0 Å². The molecular weight excluding hydrogens is 232 g/mol. The zero-order valence-corrected chi connectivity index (χ0v) is 11.1. The van der Waals surface area contributed by atoms with Gasteiger partial charge in [0.05, 0.1) is 12.6 Å². The molecule has 1 amide bonds. The van der Waals surface area contributed by atoms with Crippen LogP contribution in [0.1, 0.15) is 32.6 Å². The number of nitrogens with zero attached hydrogens (tertiary/aromatic N) is 3. The maximum Gasteiger partial charge on any atom is 0.240 e.